The summed E-state index contributed by atoms with van der Waals surface area (Å²) < 4.78 is 20.1. The Labute approximate surface area is 199 Å². The van der Waals surface area contributed by atoms with Crippen molar-refractivity contribution in [3.8, 4) is 28.3 Å². The van der Waals surface area contributed by atoms with Gasteiger partial charge in [0, 0.05) is 21.8 Å². The normalized spacial score (nSPS) is 10.9. The molecular weight excluding hydrogens is 455 g/mol. The van der Waals surface area contributed by atoms with Gasteiger partial charge in [0.05, 0.1) is 24.7 Å². The number of ether oxygens (including phenoxy) is 1. The summed E-state index contributed by atoms with van der Waals surface area (Å²) in [4.78, 5) is 17.8. The molecule has 1 amide bonds. The first-order valence-corrected chi connectivity index (χ1v) is 10.8. The van der Waals surface area contributed by atoms with Gasteiger partial charge in [0.1, 0.15) is 17.1 Å². The molecule has 6 nitrogen and oxygen atoms in total. The summed E-state index contributed by atoms with van der Waals surface area (Å²) in [5.41, 5.74) is 4.26. The van der Waals surface area contributed by atoms with Crippen LogP contribution in [0.15, 0.2) is 85.1 Å². The number of halogens is 2. The van der Waals surface area contributed by atoms with Crippen LogP contribution in [0.25, 0.3) is 28.2 Å². The number of amides is 1. The molecule has 1 N–H and O–H groups in total. The van der Waals surface area contributed by atoms with E-state index in [0.29, 0.717) is 22.1 Å². The third kappa shape index (κ3) is 4.21. The number of carbonyl (C=O) groups excluding carboxylic acids is 1. The molecule has 168 valence electrons. The topological polar surface area (TPSA) is 68.5 Å². The highest BCUT2D eigenvalue weighted by atomic mass is 35.5. The number of anilines is 1. The first kappa shape index (κ1) is 21.6. The van der Waals surface area contributed by atoms with Gasteiger partial charge in [0.2, 0.25) is 0 Å². The zero-order chi connectivity index (χ0) is 23.7. The summed E-state index contributed by atoms with van der Waals surface area (Å²) in [7, 11) is 1.61. The smallest absolute Gasteiger partial charge is 0.261 e. The zero-order valence-electron chi connectivity index (χ0n) is 18.0. The maximum atomic E-state index is 13.2. The lowest BCUT2D eigenvalue weighted by Crippen LogP contribution is -2.12. The summed E-state index contributed by atoms with van der Waals surface area (Å²) in [5, 5.41) is 7.82. The molecule has 0 unspecified atom stereocenters. The van der Waals surface area contributed by atoms with Gasteiger partial charge in [-0.25, -0.2) is 13.9 Å². The van der Waals surface area contributed by atoms with E-state index in [4.69, 9.17) is 21.3 Å². The molecule has 0 saturated heterocycles. The minimum atomic E-state index is -0.400. The highest BCUT2D eigenvalue weighted by Gasteiger charge is 2.19. The third-order valence-electron chi connectivity index (χ3n) is 5.34. The van der Waals surface area contributed by atoms with Crippen LogP contribution in [0.1, 0.15) is 10.4 Å². The van der Waals surface area contributed by atoms with E-state index in [9.17, 15) is 9.18 Å². The minimum absolute atomic E-state index is 0.287. The van der Waals surface area contributed by atoms with Gasteiger partial charge >= 0.3 is 0 Å². The van der Waals surface area contributed by atoms with Gasteiger partial charge in [-0.2, -0.15) is 5.10 Å². The maximum absolute atomic E-state index is 13.2. The standard InChI is InChI=1S/C26H18ClFN4O2/c1-34-21-12-4-16(5-13-21)23-14-24(17-2-6-18(27)7-3-17)32-25(31-23)22(15-29-32)26(33)30-20-10-8-19(28)9-11-20/h2-15H,1H3,(H,30,33). The van der Waals surface area contributed by atoms with Crippen LogP contribution in [0, 0.1) is 5.82 Å². The Morgan fingerprint density at radius 2 is 1.65 bits per heavy atom. The Morgan fingerprint density at radius 3 is 2.32 bits per heavy atom. The van der Waals surface area contributed by atoms with Gasteiger partial charge in [0.25, 0.3) is 5.91 Å². The molecular formula is C26H18ClFN4O2. The van der Waals surface area contributed by atoms with Crippen molar-refractivity contribution in [3.63, 3.8) is 0 Å². The first-order valence-electron chi connectivity index (χ1n) is 10.4. The van der Waals surface area contributed by atoms with Crippen molar-refractivity contribution in [2.75, 3.05) is 12.4 Å². The molecule has 0 bridgehead atoms. The van der Waals surface area contributed by atoms with Crippen LogP contribution < -0.4 is 10.1 Å². The second-order valence-corrected chi connectivity index (χ2v) is 7.95. The number of hydrogen-bond donors (Lipinski definition) is 1. The molecule has 2 heterocycles. The van der Waals surface area contributed by atoms with Crippen molar-refractivity contribution < 1.29 is 13.9 Å². The van der Waals surface area contributed by atoms with E-state index in [1.54, 1.807) is 23.8 Å². The number of methoxy groups -OCH3 is 1. The quantitative estimate of drug-likeness (QED) is 0.335. The van der Waals surface area contributed by atoms with E-state index in [1.807, 2.05) is 42.5 Å². The fourth-order valence-electron chi connectivity index (χ4n) is 3.59. The number of fused-ring (bicyclic) bond motifs is 1. The average molecular weight is 473 g/mol. The van der Waals surface area contributed by atoms with Crippen LogP contribution in [0.5, 0.6) is 5.75 Å². The maximum Gasteiger partial charge on any atom is 0.261 e. The largest absolute Gasteiger partial charge is 0.497 e. The number of hydrogen-bond acceptors (Lipinski definition) is 4. The molecule has 0 radical (unpaired) electrons. The molecule has 0 aliphatic heterocycles. The molecule has 0 aliphatic rings. The van der Waals surface area contributed by atoms with Crippen molar-refractivity contribution in [1.82, 2.24) is 14.6 Å². The highest BCUT2D eigenvalue weighted by Crippen LogP contribution is 2.29. The molecule has 5 aromatic rings. The van der Waals surface area contributed by atoms with Gasteiger partial charge in [-0.05, 0) is 66.7 Å². The molecule has 0 aliphatic carbocycles. The minimum Gasteiger partial charge on any atom is -0.497 e. The van der Waals surface area contributed by atoms with E-state index in [-0.39, 0.29) is 11.4 Å². The molecule has 3 aromatic carbocycles. The molecule has 0 spiro atoms. The Kier molecular flexibility index (Phi) is 5.69. The molecule has 0 atom stereocenters. The number of rotatable bonds is 5. The summed E-state index contributed by atoms with van der Waals surface area (Å²) in [6, 6.07) is 22.3. The number of nitrogens with zero attached hydrogens (tertiary/aromatic N) is 3. The van der Waals surface area contributed by atoms with Crippen molar-refractivity contribution in [2.45, 2.75) is 0 Å². The third-order valence-corrected chi connectivity index (χ3v) is 5.60. The molecule has 0 saturated carbocycles. The van der Waals surface area contributed by atoms with Gasteiger partial charge in [-0.1, -0.05) is 23.7 Å². The average Bonchev–Trinajstić information content (AvgIpc) is 3.30. The lowest BCUT2D eigenvalue weighted by Gasteiger charge is -2.10. The van der Waals surface area contributed by atoms with Crippen molar-refractivity contribution in [1.29, 1.82) is 0 Å². The molecule has 2 aromatic heterocycles. The fraction of sp³-hybridized carbons (Fsp3) is 0.0385. The number of nitrogens with one attached hydrogen (secondary N) is 1. The summed E-state index contributed by atoms with van der Waals surface area (Å²) in [5.74, 6) is -0.0538. The first-order chi connectivity index (χ1) is 16.5. The number of aromatic nitrogens is 3. The monoisotopic (exact) mass is 472 g/mol. The van der Waals surface area contributed by atoms with E-state index in [0.717, 1.165) is 22.6 Å². The van der Waals surface area contributed by atoms with Gasteiger partial charge in [0.15, 0.2) is 5.65 Å². The van der Waals surface area contributed by atoms with Crippen LogP contribution >= 0.6 is 11.6 Å². The van der Waals surface area contributed by atoms with Crippen LogP contribution in [0.2, 0.25) is 5.02 Å². The van der Waals surface area contributed by atoms with Gasteiger partial charge in [-0.3, -0.25) is 4.79 Å². The van der Waals surface area contributed by atoms with Crippen molar-refractivity contribution >= 4 is 28.8 Å². The molecule has 5 rings (SSSR count). The Hall–Kier alpha value is -4.23. The predicted octanol–water partition coefficient (Wildman–Crippen LogP) is 6.12. The fourth-order valence-corrected chi connectivity index (χ4v) is 3.72. The lowest BCUT2D eigenvalue weighted by atomic mass is 10.1. The van der Waals surface area contributed by atoms with E-state index in [1.165, 1.54) is 30.5 Å². The van der Waals surface area contributed by atoms with Crippen LogP contribution in [0.4, 0.5) is 10.1 Å². The second-order valence-electron chi connectivity index (χ2n) is 7.52. The van der Waals surface area contributed by atoms with Gasteiger partial charge in [-0.15, -0.1) is 0 Å². The SMILES string of the molecule is COc1ccc(-c2cc(-c3ccc(Cl)cc3)n3ncc(C(=O)Nc4ccc(F)cc4)c3n2)cc1. The lowest BCUT2D eigenvalue weighted by molar-refractivity contribution is 0.102. The van der Waals surface area contributed by atoms with Crippen molar-refractivity contribution in [3.05, 3.63) is 101 Å². The van der Waals surface area contributed by atoms with Crippen LogP contribution in [0.3, 0.4) is 0 Å². The van der Waals surface area contributed by atoms with E-state index < -0.39 is 5.91 Å². The Morgan fingerprint density at radius 1 is 0.971 bits per heavy atom. The Balaban J connectivity index is 1.64. The number of carbonyl (C=O) groups is 1. The van der Waals surface area contributed by atoms with Crippen LogP contribution in [-0.2, 0) is 0 Å². The zero-order valence-corrected chi connectivity index (χ0v) is 18.8. The number of benzene rings is 3. The summed E-state index contributed by atoms with van der Waals surface area (Å²) in [6.07, 6.45) is 1.47. The predicted molar refractivity (Wildman–Crippen MR) is 130 cm³/mol. The van der Waals surface area contributed by atoms with Gasteiger partial charge < -0.3 is 10.1 Å². The highest BCUT2D eigenvalue weighted by molar-refractivity contribution is 6.30. The summed E-state index contributed by atoms with van der Waals surface area (Å²) >= 11 is 6.08. The molecule has 0 fully saturated rings. The van der Waals surface area contributed by atoms with E-state index in [2.05, 4.69) is 10.4 Å². The summed E-state index contributed by atoms with van der Waals surface area (Å²) in [6.45, 7) is 0. The van der Waals surface area contributed by atoms with E-state index >= 15 is 0 Å². The molecule has 8 heteroatoms. The van der Waals surface area contributed by atoms with Crippen molar-refractivity contribution in [2.24, 2.45) is 0 Å². The Bertz CT molecular complexity index is 1480. The van der Waals surface area contributed by atoms with Crippen LogP contribution in [-0.4, -0.2) is 27.6 Å². The second kappa shape index (κ2) is 8.96. The molecule has 34 heavy (non-hydrogen) atoms.